The van der Waals surface area contributed by atoms with Gasteiger partial charge in [0.05, 0.1) is 5.25 Å². The number of hydrogen-bond acceptors (Lipinski definition) is 2. The second-order valence-electron chi connectivity index (χ2n) is 3.15. The SMILES string of the molecule is CCCC(CC)S(=O)(=O)N(C)C. The summed E-state index contributed by atoms with van der Waals surface area (Å²) in [6, 6.07) is 0. The lowest BCUT2D eigenvalue weighted by Gasteiger charge is -2.19. The van der Waals surface area contributed by atoms with Gasteiger partial charge in [-0.2, -0.15) is 0 Å². The monoisotopic (exact) mass is 193 g/mol. The Hall–Kier alpha value is -0.0900. The first-order valence-corrected chi connectivity index (χ1v) is 5.88. The van der Waals surface area contributed by atoms with Crippen molar-refractivity contribution in [3.8, 4) is 0 Å². The smallest absolute Gasteiger partial charge is 0.212 e. The molecule has 0 aromatic carbocycles. The van der Waals surface area contributed by atoms with Crippen molar-refractivity contribution in [1.29, 1.82) is 0 Å². The second-order valence-corrected chi connectivity index (χ2v) is 5.57. The molecule has 0 saturated heterocycles. The van der Waals surface area contributed by atoms with Crippen LogP contribution in [0.5, 0.6) is 0 Å². The van der Waals surface area contributed by atoms with E-state index in [1.165, 1.54) is 4.31 Å². The average molecular weight is 193 g/mol. The summed E-state index contributed by atoms with van der Waals surface area (Å²) < 4.78 is 24.5. The Bertz CT molecular complexity index is 209. The van der Waals surface area contributed by atoms with Crippen LogP contribution in [0.1, 0.15) is 33.1 Å². The van der Waals surface area contributed by atoms with Crippen LogP contribution >= 0.6 is 0 Å². The molecule has 0 amide bonds. The van der Waals surface area contributed by atoms with Gasteiger partial charge < -0.3 is 0 Å². The maximum Gasteiger partial charge on any atom is 0.216 e. The summed E-state index contributed by atoms with van der Waals surface area (Å²) in [5.41, 5.74) is 0. The van der Waals surface area contributed by atoms with Gasteiger partial charge in [-0.15, -0.1) is 0 Å². The fourth-order valence-corrected chi connectivity index (χ4v) is 2.73. The van der Waals surface area contributed by atoms with Gasteiger partial charge in [0.2, 0.25) is 10.0 Å². The van der Waals surface area contributed by atoms with Gasteiger partial charge in [-0.3, -0.25) is 0 Å². The van der Waals surface area contributed by atoms with Crippen molar-refractivity contribution in [2.45, 2.75) is 38.4 Å². The summed E-state index contributed by atoms with van der Waals surface area (Å²) in [5, 5.41) is -0.197. The summed E-state index contributed by atoms with van der Waals surface area (Å²) in [4.78, 5) is 0. The first-order chi connectivity index (χ1) is 5.46. The Labute approximate surface area is 75.8 Å². The average Bonchev–Trinajstić information content (AvgIpc) is 1.99. The summed E-state index contributed by atoms with van der Waals surface area (Å²) in [6.45, 7) is 3.93. The van der Waals surface area contributed by atoms with E-state index in [0.717, 1.165) is 12.8 Å². The third kappa shape index (κ3) is 2.75. The summed E-state index contributed by atoms with van der Waals surface area (Å²) in [7, 11) is 0.164. The minimum absolute atomic E-state index is 0.197. The van der Waals surface area contributed by atoms with Gasteiger partial charge in [0.15, 0.2) is 0 Å². The zero-order valence-corrected chi connectivity index (χ0v) is 9.19. The van der Waals surface area contributed by atoms with E-state index in [4.69, 9.17) is 0 Å². The number of sulfonamides is 1. The molecule has 0 aromatic heterocycles. The fourth-order valence-electron chi connectivity index (χ4n) is 1.18. The van der Waals surface area contributed by atoms with Crippen molar-refractivity contribution in [2.24, 2.45) is 0 Å². The summed E-state index contributed by atoms with van der Waals surface area (Å²) in [5.74, 6) is 0. The van der Waals surface area contributed by atoms with Crippen LogP contribution in [0.25, 0.3) is 0 Å². The Kier molecular flexibility index (Phi) is 4.78. The molecule has 0 radical (unpaired) electrons. The van der Waals surface area contributed by atoms with Gasteiger partial charge in [-0.05, 0) is 12.8 Å². The number of rotatable bonds is 5. The minimum atomic E-state index is -3.02. The Morgan fingerprint density at radius 3 is 2.00 bits per heavy atom. The molecule has 0 rings (SSSR count). The summed E-state index contributed by atoms with van der Waals surface area (Å²) in [6.07, 6.45) is 2.39. The van der Waals surface area contributed by atoms with Gasteiger partial charge in [0.1, 0.15) is 0 Å². The molecule has 3 nitrogen and oxygen atoms in total. The van der Waals surface area contributed by atoms with Gasteiger partial charge in [0, 0.05) is 14.1 Å². The zero-order valence-electron chi connectivity index (χ0n) is 8.37. The first-order valence-electron chi connectivity index (χ1n) is 4.38. The van der Waals surface area contributed by atoms with Crippen LogP contribution in [0, 0.1) is 0 Å². The quantitative estimate of drug-likeness (QED) is 0.663. The molecule has 0 aliphatic heterocycles. The van der Waals surface area contributed by atoms with Crippen molar-refractivity contribution in [3.05, 3.63) is 0 Å². The normalized spacial score (nSPS) is 15.1. The lowest BCUT2D eigenvalue weighted by atomic mass is 10.2. The molecule has 4 heteroatoms. The van der Waals surface area contributed by atoms with Crippen molar-refractivity contribution in [1.82, 2.24) is 4.31 Å². The van der Waals surface area contributed by atoms with Crippen LogP contribution in [0.3, 0.4) is 0 Å². The van der Waals surface area contributed by atoms with Crippen molar-refractivity contribution < 1.29 is 8.42 Å². The Balaban J connectivity index is 4.49. The molecule has 12 heavy (non-hydrogen) atoms. The number of hydrogen-bond donors (Lipinski definition) is 0. The molecule has 0 bridgehead atoms. The van der Waals surface area contributed by atoms with Crippen LogP contribution in [-0.2, 0) is 10.0 Å². The molecule has 0 N–H and O–H groups in total. The van der Waals surface area contributed by atoms with Crippen LogP contribution < -0.4 is 0 Å². The maximum absolute atomic E-state index is 11.6. The molecule has 0 spiro atoms. The van der Waals surface area contributed by atoms with E-state index in [1.807, 2.05) is 13.8 Å². The molecule has 0 saturated carbocycles. The number of nitrogens with zero attached hydrogens (tertiary/aromatic N) is 1. The summed E-state index contributed by atoms with van der Waals surface area (Å²) >= 11 is 0. The second kappa shape index (κ2) is 4.82. The predicted molar refractivity (Wildman–Crippen MR) is 51.6 cm³/mol. The molecule has 1 atom stereocenters. The molecule has 74 valence electrons. The molecule has 0 heterocycles. The predicted octanol–water partition coefficient (Wildman–Crippen LogP) is 1.46. The minimum Gasteiger partial charge on any atom is -0.212 e. The van der Waals surface area contributed by atoms with E-state index in [2.05, 4.69) is 0 Å². The van der Waals surface area contributed by atoms with E-state index in [1.54, 1.807) is 14.1 Å². The fraction of sp³-hybridized carbons (Fsp3) is 1.00. The van der Waals surface area contributed by atoms with Crippen LogP contribution in [0.2, 0.25) is 0 Å². The van der Waals surface area contributed by atoms with Gasteiger partial charge in [0.25, 0.3) is 0 Å². The lowest BCUT2D eigenvalue weighted by Crippen LogP contribution is -2.32. The maximum atomic E-state index is 11.6. The van der Waals surface area contributed by atoms with E-state index < -0.39 is 10.0 Å². The largest absolute Gasteiger partial charge is 0.216 e. The Morgan fingerprint density at radius 1 is 1.25 bits per heavy atom. The van der Waals surface area contributed by atoms with Crippen molar-refractivity contribution in [3.63, 3.8) is 0 Å². The van der Waals surface area contributed by atoms with Crippen molar-refractivity contribution >= 4 is 10.0 Å². The highest BCUT2D eigenvalue weighted by molar-refractivity contribution is 7.89. The third-order valence-corrected chi connectivity index (χ3v) is 4.43. The van der Waals surface area contributed by atoms with E-state index >= 15 is 0 Å². The van der Waals surface area contributed by atoms with Gasteiger partial charge in [-0.1, -0.05) is 20.3 Å². The molecule has 0 aliphatic carbocycles. The lowest BCUT2D eigenvalue weighted by molar-refractivity contribution is 0.494. The molecule has 0 fully saturated rings. The van der Waals surface area contributed by atoms with Crippen LogP contribution in [0.15, 0.2) is 0 Å². The topological polar surface area (TPSA) is 37.4 Å². The molecule has 0 aromatic rings. The van der Waals surface area contributed by atoms with E-state index in [-0.39, 0.29) is 5.25 Å². The standard InChI is InChI=1S/C8H19NO2S/c1-5-7-8(6-2)12(10,11)9(3)4/h8H,5-7H2,1-4H3. The highest BCUT2D eigenvalue weighted by atomic mass is 32.2. The zero-order chi connectivity index (χ0) is 9.78. The van der Waals surface area contributed by atoms with Crippen LogP contribution in [-0.4, -0.2) is 32.1 Å². The molecular formula is C8H19NO2S. The van der Waals surface area contributed by atoms with Crippen molar-refractivity contribution in [2.75, 3.05) is 14.1 Å². The Morgan fingerprint density at radius 2 is 1.75 bits per heavy atom. The molecule has 0 aliphatic rings. The van der Waals surface area contributed by atoms with Gasteiger partial charge in [-0.25, -0.2) is 12.7 Å². The van der Waals surface area contributed by atoms with Crippen LogP contribution in [0.4, 0.5) is 0 Å². The molecular weight excluding hydrogens is 174 g/mol. The highest BCUT2D eigenvalue weighted by Gasteiger charge is 2.24. The molecule has 1 unspecified atom stereocenters. The highest BCUT2D eigenvalue weighted by Crippen LogP contribution is 2.14. The van der Waals surface area contributed by atoms with Gasteiger partial charge >= 0.3 is 0 Å². The third-order valence-electron chi connectivity index (χ3n) is 2.00. The van der Waals surface area contributed by atoms with E-state index in [9.17, 15) is 8.42 Å². The first kappa shape index (κ1) is 11.9. The van der Waals surface area contributed by atoms with E-state index in [0.29, 0.717) is 6.42 Å².